The second kappa shape index (κ2) is 13.0. The van der Waals surface area contributed by atoms with Crippen molar-refractivity contribution < 1.29 is 8.83 Å². The van der Waals surface area contributed by atoms with Crippen LogP contribution in [0.15, 0.2) is 197 Å². The lowest BCUT2D eigenvalue weighted by Crippen LogP contribution is -2.00. The van der Waals surface area contributed by atoms with Crippen molar-refractivity contribution in [3.05, 3.63) is 188 Å². The van der Waals surface area contributed by atoms with Crippen molar-refractivity contribution >= 4 is 43.9 Å². The molecule has 11 rings (SSSR count). The lowest BCUT2D eigenvalue weighted by atomic mass is 9.92. The smallest absolute Gasteiger partial charge is 0.164 e. The molecule has 0 N–H and O–H groups in total. The fourth-order valence-electron chi connectivity index (χ4n) is 7.87. The van der Waals surface area contributed by atoms with E-state index in [4.69, 9.17) is 23.8 Å². The first kappa shape index (κ1) is 31.9. The Hall–Kier alpha value is -7.63. The van der Waals surface area contributed by atoms with E-state index in [2.05, 4.69) is 121 Å². The topological polar surface area (TPSA) is 65.0 Å². The van der Waals surface area contributed by atoms with Gasteiger partial charge in [-0.25, -0.2) is 15.0 Å². The van der Waals surface area contributed by atoms with Crippen LogP contribution in [0.1, 0.15) is 0 Å². The molecule has 262 valence electrons. The highest BCUT2D eigenvalue weighted by atomic mass is 16.3. The van der Waals surface area contributed by atoms with E-state index in [1.807, 2.05) is 66.7 Å². The van der Waals surface area contributed by atoms with E-state index < -0.39 is 0 Å². The molecule has 0 spiro atoms. The molecule has 0 radical (unpaired) electrons. The van der Waals surface area contributed by atoms with Crippen molar-refractivity contribution in [2.45, 2.75) is 0 Å². The van der Waals surface area contributed by atoms with Gasteiger partial charge in [-0.3, -0.25) is 0 Å². The zero-order valence-electron chi connectivity index (χ0n) is 30.1. The van der Waals surface area contributed by atoms with E-state index in [1.54, 1.807) is 0 Å². The van der Waals surface area contributed by atoms with Crippen LogP contribution in [0.2, 0.25) is 0 Å². The number of nitrogens with zero attached hydrogens (tertiary/aromatic N) is 3. The molecule has 8 aromatic carbocycles. The van der Waals surface area contributed by atoms with Gasteiger partial charge in [0.05, 0.1) is 0 Å². The Morgan fingerprint density at radius 2 is 0.696 bits per heavy atom. The number of benzene rings is 8. The maximum atomic E-state index is 6.71. The number of rotatable bonds is 6. The van der Waals surface area contributed by atoms with Crippen LogP contribution in [0.5, 0.6) is 0 Å². The van der Waals surface area contributed by atoms with Gasteiger partial charge in [0, 0.05) is 43.8 Å². The van der Waals surface area contributed by atoms with Gasteiger partial charge in [-0.2, -0.15) is 0 Å². The van der Waals surface area contributed by atoms with Crippen molar-refractivity contribution in [2.24, 2.45) is 0 Å². The maximum Gasteiger partial charge on any atom is 0.164 e. The third-order valence-corrected chi connectivity index (χ3v) is 10.6. The van der Waals surface area contributed by atoms with Gasteiger partial charge in [-0.1, -0.05) is 164 Å². The molecule has 0 aliphatic heterocycles. The van der Waals surface area contributed by atoms with Gasteiger partial charge in [0.25, 0.3) is 0 Å². The van der Waals surface area contributed by atoms with Gasteiger partial charge >= 0.3 is 0 Å². The van der Waals surface area contributed by atoms with Crippen molar-refractivity contribution in [2.75, 3.05) is 0 Å². The minimum absolute atomic E-state index is 0.609. The zero-order chi connectivity index (χ0) is 37.0. The van der Waals surface area contributed by atoms with Gasteiger partial charge in [-0.15, -0.1) is 0 Å². The predicted octanol–water partition coefficient (Wildman–Crippen LogP) is 13.7. The summed E-state index contributed by atoms with van der Waals surface area (Å²) < 4.78 is 13.0. The SMILES string of the molecule is c1ccc(-c2ccc(-c3nc(-c4ccccc4)nc(-c4ccc(-c5ccc(-c6cccc7oc8ccccc8c67)c6c5oc5ccccc56)cc4)n3)cc2)cc1. The van der Waals surface area contributed by atoms with Gasteiger partial charge in [0.15, 0.2) is 17.5 Å². The monoisotopic (exact) mass is 717 g/mol. The Kier molecular flexibility index (Phi) is 7.42. The molecule has 0 atom stereocenters. The van der Waals surface area contributed by atoms with Crippen LogP contribution < -0.4 is 0 Å². The second-order valence-corrected chi connectivity index (χ2v) is 13.9. The summed E-state index contributed by atoms with van der Waals surface area (Å²) in [5.41, 5.74) is 12.7. The van der Waals surface area contributed by atoms with Crippen molar-refractivity contribution in [1.82, 2.24) is 15.0 Å². The Balaban J connectivity index is 1.02. The molecule has 0 aliphatic carbocycles. The fraction of sp³-hybridized carbons (Fsp3) is 0. The summed E-state index contributed by atoms with van der Waals surface area (Å²) in [5, 5.41) is 4.35. The number of hydrogen-bond donors (Lipinski definition) is 0. The highest BCUT2D eigenvalue weighted by molar-refractivity contribution is 6.21. The van der Waals surface area contributed by atoms with Crippen LogP contribution in [-0.2, 0) is 0 Å². The lowest BCUT2D eigenvalue weighted by molar-refractivity contribution is 0.668. The molecule has 0 bridgehead atoms. The van der Waals surface area contributed by atoms with Gasteiger partial charge in [0.2, 0.25) is 0 Å². The quantitative estimate of drug-likeness (QED) is 0.171. The number of hydrogen-bond acceptors (Lipinski definition) is 5. The summed E-state index contributed by atoms with van der Waals surface area (Å²) in [7, 11) is 0. The molecular weight excluding hydrogens is 687 g/mol. The number of para-hydroxylation sites is 2. The van der Waals surface area contributed by atoms with Crippen LogP contribution in [-0.4, -0.2) is 15.0 Å². The van der Waals surface area contributed by atoms with Crippen LogP contribution in [0, 0.1) is 0 Å². The molecule has 3 aromatic heterocycles. The minimum atomic E-state index is 0.609. The van der Waals surface area contributed by atoms with Crippen LogP contribution in [0.4, 0.5) is 0 Å². The van der Waals surface area contributed by atoms with Crippen LogP contribution in [0.25, 0.3) is 111 Å². The van der Waals surface area contributed by atoms with E-state index in [1.165, 1.54) is 5.56 Å². The minimum Gasteiger partial charge on any atom is -0.456 e. The van der Waals surface area contributed by atoms with Gasteiger partial charge < -0.3 is 8.83 Å². The summed E-state index contributed by atoms with van der Waals surface area (Å²) in [4.78, 5) is 15.0. The largest absolute Gasteiger partial charge is 0.456 e. The van der Waals surface area contributed by atoms with Gasteiger partial charge in [-0.05, 0) is 52.1 Å². The molecule has 0 amide bonds. The Labute approximate surface area is 322 Å². The molecule has 3 heterocycles. The molecular formula is C51H31N3O2. The van der Waals surface area contributed by atoms with Gasteiger partial charge in [0.1, 0.15) is 22.3 Å². The summed E-state index contributed by atoms with van der Waals surface area (Å²) in [5.74, 6) is 1.86. The highest BCUT2D eigenvalue weighted by Gasteiger charge is 2.21. The molecule has 0 saturated heterocycles. The molecule has 56 heavy (non-hydrogen) atoms. The number of fused-ring (bicyclic) bond motifs is 6. The molecule has 0 fully saturated rings. The number of furan rings is 2. The summed E-state index contributed by atoms with van der Waals surface area (Å²) in [6.45, 7) is 0. The summed E-state index contributed by atoms with van der Waals surface area (Å²) >= 11 is 0. The summed E-state index contributed by atoms with van der Waals surface area (Å²) in [6, 6.07) is 64.4. The zero-order valence-corrected chi connectivity index (χ0v) is 30.1. The van der Waals surface area contributed by atoms with Crippen molar-refractivity contribution in [1.29, 1.82) is 0 Å². The average Bonchev–Trinajstić information content (AvgIpc) is 3.86. The van der Waals surface area contributed by atoms with E-state index in [9.17, 15) is 0 Å². The normalized spacial score (nSPS) is 11.6. The standard InChI is InChI=1S/C51H31N3O2/c1-3-12-32(13-4-1)33-22-26-36(27-23-33)50-52-49(35-14-5-2-6-15-35)53-51(54-50)37-28-24-34(25-29-37)38-30-31-40(47-42-17-8-10-20-44(42)56-48(38)47)39-18-11-21-45-46(39)41-16-7-9-19-43(41)55-45/h1-31H. The van der Waals surface area contributed by atoms with E-state index in [0.717, 1.165) is 88.4 Å². The highest BCUT2D eigenvalue weighted by Crippen LogP contribution is 2.45. The fourth-order valence-corrected chi connectivity index (χ4v) is 7.87. The third-order valence-electron chi connectivity index (χ3n) is 10.6. The van der Waals surface area contributed by atoms with E-state index in [0.29, 0.717) is 17.5 Å². The van der Waals surface area contributed by atoms with Crippen LogP contribution >= 0.6 is 0 Å². The second-order valence-electron chi connectivity index (χ2n) is 13.9. The average molecular weight is 718 g/mol. The maximum absolute atomic E-state index is 6.71. The molecule has 5 heteroatoms. The number of aromatic nitrogens is 3. The molecule has 0 aliphatic rings. The lowest BCUT2D eigenvalue weighted by Gasteiger charge is -2.11. The van der Waals surface area contributed by atoms with Crippen molar-refractivity contribution in [3.8, 4) is 67.5 Å². The first-order chi connectivity index (χ1) is 27.7. The molecule has 0 unspecified atom stereocenters. The molecule has 0 saturated carbocycles. The van der Waals surface area contributed by atoms with Crippen molar-refractivity contribution in [3.63, 3.8) is 0 Å². The Morgan fingerprint density at radius 3 is 1.34 bits per heavy atom. The summed E-state index contributed by atoms with van der Waals surface area (Å²) in [6.07, 6.45) is 0. The first-order valence-electron chi connectivity index (χ1n) is 18.7. The van der Waals surface area contributed by atoms with E-state index in [-0.39, 0.29) is 0 Å². The molecule has 11 aromatic rings. The third kappa shape index (κ3) is 5.37. The van der Waals surface area contributed by atoms with Crippen LogP contribution in [0.3, 0.4) is 0 Å². The molecule has 5 nitrogen and oxygen atoms in total. The first-order valence-corrected chi connectivity index (χ1v) is 18.7. The Bertz CT molecular complexity index is 3220. The van der Waals surface area contributed by atoms with E-state index >= 15 is 0 Å². The Morgan fingerprint density at radius 1 is 0.268 bits per heavy atom. The predicted molar refractivity (Wildman–Crippen MR) is 227 cm³/mol.